The van der Waals surface area contributed by atoms with Crippen LogP contribution in [0.25, 0.3) is 0 Å². The van der Waals surface area contributed by atoms with Crippen LogP contribution in [-0.2, 0) is 10.0 Å². The van der Waals surface area contributed by atoms with Gasteiger partial charge in [0.05, 0.1) is 0 Å². The Morgan fingerprint density at radius 1 is 1.48 bits per heavy atom. The molecule has 2 unspecified atom stereocenters. The predicted molar refractivity (Wildman–Crippen MR) is 85.7 cm³/mol. The number of hydrogen-bond acceptors (Lipinski definition) is 4. The van der Waals surface area contributed by atoms with Crippen molar-refractivity contribution in [2.75, 3.05) is 18.4 Å². The van der Waals surface area contributed by atoms with E-state index in [1.165, 1.54) is 0 Å². The third kappa shape index (κ3) is 2.83. The Balaban J connectivity index is 1.96. The first-order valence-corrected chi connectivity index (χ1v) is 9.67. The van der Waals surface area contributed by atoms with Crippen LogP contribution in [0.4, 0.5) is 5.82 Å². The van der Waals surface area contributed by atoms with Crippen molar-refractivity contribution >= 4 is 31.8 Å². The topological polar surface area (TPSA) is 62.3 Å². The molecule has 2 fully saturated rings. The molecule has 0 radical (unpaired) electrons. The van der Waals surface area contributed by atoms with Crippen molar-refractivity contribution in [3.63, 3.8) is 0 Å². The maximum atomic E-state index is 13.0. The van der Waals surface area contributed by atoms with E-state index in [2.05, 4.69) is 26.2 Å². The van der Waals surface area contributed by atoms with Gasteiger partial charge in [-0.3, -0.25) is 0 Å². The number of aromatic nitrogens is 1. The number of nitrogens with zero attached hydrogens (tertiary/aromatic N) is 2. The Morgan fingerprint density at radius 2 is 2.29 bits per heavy atom. The van der Waals surface area contributed by atoms with Crippen molar-refractivity contribution in [3.8, 4) is 0 Å². The zero-order valence-electron chi connectivity index (χ0n) is 12.0. The van der Waals surface area contributed by atoms with E-state index >= 15 is 0 Å². The summed E-state index contributed by atoms with van der Waals surface area (Å²) in [6.45, 7) is 3.41. The number of hydrogen-bond donors (Lipinski definition) is 1. The second-order valence-corrected chi connectivity index (χ2v) is 8.61. The van der Waals surface area contributed by atoms with Crippen LogP contribution in [0.3, 0.4) is 0 Å². The highest BCUT2D eigenvalue weighted by Crippen LogP contribution is 2.41. The van der Waals surface area contributed by atoms with E-state index in [-0.39, 0.29) is 10.9 Å². The van der Waals surface area contributed by atoms with Gasteiger partial charge in [0.25, 0.3) is 0 Å². The zero-order valence-corrected chi connectivity index (χ0v) is 14.5. The molecule has 3 rings (SSSR count). The lowest BCUT2D eigenvalue weighted by atomic mass is 10.1. The van der Waals surface area contributed by atoms with Gasteiger partial charge in [0, 0.05) is 29.8 Å². The molecule has 5 nitrogen and oxygen atoms in total. The van der Waals surface area contributed by atoms with E-state index in [4.69, 9.17) is 0 Å². The summed E-state index contributed by atoms with van der Waals surface area (Å²) in [4.78, 5) is 4.54. The molecule has 1 aliphatic carbocycles. The summed E-state index contributed by atoms with van der Waals surface area (Å²) >= 11 is 3.33. The maximum Gasteiger partial charge on any atom is 0.247 e. The minimum Gasteiger partial charge on any atom is -0.369 e. The first-order valence-electron chi connectivity index (χ1n) is 7.43. The number of rotatable bonds is 5. The normalized spacial score (nSPS) is 25.4. The fraction of sp³-hybridized carbons (Fsp3) is 0.643. The van der Waals surface area contributed by atoms with Crippen LogP contribution >= 0.6 is 15.9 Å². The van der Waals surface area contributed by atoms with Crippen LogP contribution in [0.2, 0.25) is 0 Å². The molecule has 1 saturated carbocycles. The van der Waals surface area contributed by atoms with Gasteiger partial charge in [-0.2, -0.15) is 4.31 Å². The van der Waals surface area contributed by atoms with Gasteiger partial charge in [0.2, 0.25) is 10.0 Å². The molecule has 1 aromatic rings. The molecule has 2 aliphatic rings. The van der Waals surface area contributed by atoms with Crippen LogP contribution in [0.15, 0.2) is 21.6 Å². The van der Waals surface area contributed by atoms with Gasteiger partial charge >= 0.3 is 0 Å². The molecule has 21 heavy (non-hydrogen) atoms. The molecule has 0 aromatic carbocycles. The van der Waals surface area contributed by atoms with Gasteiger partial charge in [-0.15, -0.1) is 0 Å². The van der Waals surface area contributed by atoms with Crippen LogP contribution in [0.1, 0.15) is 32.6 Å². The maximum absolute atomic E-state index is 13.0. The van der Waals surface area contributed by atoms with Crippen LogP contribution < -0.4 is 5.32 Å². The lowest BCUT2D eigenvalue weighted by molar-refractivity contribution is 0.333. The molecule has 116 valence electrons. The molecule has 1 saturated heterocycles. The predicted octanol–water partition coefficient (Wildman–Crippen LogP) is 2.84. The van der Waals surface area contributed by atoms with Gasteiger partial charge in [-0.05, 0) is 53.6 Å². The SMILES string of the molecule is CCCNc1ncc(Br)cc1S(=O)(=O)N1CC2CCC1C2. The van der Waals surface area contributed by atoms with Gasteiger partial charge < -0.3 is 5.32 Å². The molecule has 1 N–H and O–H groups in total. The Kier molecular flexibility index (Phi) is 4.25. The average molecular weight is 374 g/mol. The lowest BCUT2D eigenvalue weighted by Crippen LogP contribution is -2.38. The zero-order chi connectivity index (χ0) is 15.0. The van der Waals surface area contributed by atoms with E-state index in [1.54, 1.807) is 16.6 Å². The van der Waals surface area contributed by atoms with Gasteiger partial charge in [-0.25, -0.2) is 13.4 Å². The van der Waals surface area contributed by atoms with Crippen molar-refractivity contribution in [2.24, 2.45) is 5.92 Å². The highest BCUT2D eigenvalue weighted by atomic mass is 79.9. The van der Waals surface area contributed by atoms with Crippen molar-refractivity contribution in [2.45, 2.75) is 43.5 Å². The monoisotopic (exact) mass is 373 g/mol. The minimum absolute atomic E-state index is 0.179. The Bertz CT molecular complexity index is 635. The Morgan fingerprint density at radius 3 is 2.90 bits per heavy atom. The second-order valence-electron chi connectivity index (χ2n) is 5.83. The van der Waals surface area contributed by atoms with Crippen molar-refractivity contribution in [3.05, 3.63) is 16.7 Å². The third-order valence-corrected chi connectivity index (χ3v) is 6.67. The molecule has 0 spiro atoms. The largest absolute Gasteiger partial charge is 0.369 e. The number of fused-ring (bicyclic) bond motifs is 2. The number of sulfonamides is 1. The summed E-state index contributed by atoms with van der Waals surface area (Å²) in [5, 5.41) is 3.13. The molecule has 2 heterocycles. The fourth-order valence-electron chi connectivity index (χ4n) is 3.29. The number of piperidine rings is 1. The summed E-state index contributed by atoms with van der Waals surface area (Å²) in [5.74, 6) is 1.000. The molecular formula is C14H20BrN3O2S. The van der Waals surface area contributed by atoms with Crippen LogP contribution in [-0.4, -0.2) is 36.8 Å². The van der Waals surface area contributed by atoms with Crippen molar-refractivity contribution in [1.82, 2.24) is 9.29 Å². The molecule has 2 bridgehead atoms. The first-order chi connectivity index (χ1) is 10.0. The van der Waals surface area contributed by atoms with Gasteiger partial charge in [-0.1, -0.05) is 6.92 Å². The van der Waals surface area contributed by atoms with Crippen molar-refractivity contribution in [1.29, 1.82) is 0 Å². The molecule has 7 heteroatoms. The van der Waals surface area contributed by atoms with E-state index in [9.17, 15) is 8.42 Å². The molecule has 1 aromatic heterocycles. The molecular weight excluding hydrogens is 354 g/mol. The standard InChI is InChI=1S/C14H20BrN3O2S/c1-2-5-16-14-13(7-11(15)8-17-14)21(19,20)18-9-10-3-4-12(18)6-10/h7-8,10,12H,2-6,9H2,1H3,(H,16,17). The summed E-state index contributed by atoms with van der Waals surface area (Å²) in [7, 11) is -3.47. The van der Waals surface area contributed by atoms with E-state index in [1.807, 2.05) is 6.92 Å². The second kappa shape index (κ2) is 5.85. The third-order valence-electron chi connectivity index (χ3n) is 4.31. The smallest absolute Gasteiger partial charge is 0.247 e. The fourth-order valence-corrected chi connectivity index (χ4v) is 5.67. The van der Waals surface area contributed by atoms with E-state index in [0.717, 1.165) is 25.7 Å². The Labute approximate surface area is 134 Å². The van der Waals surface area contributed by atoms with Gasteiger partial charge in [0.1, 0.15) is 10.7 Å². The van der Waals surface area contributed by atoms with Crippen LogP contribution in [0, 0.1) is 5.92 Å². The van der Waals surface area contributed by atoms with E-state index in [0.29, 0.717) is 29.3 Å². The van der Waals surface area contributed by atoms with Crippen LogP contribution in [0.5, 0.6) is 0 Å². The first kappa shape index (κ1) is 15.2. The highest BCUT2D eigenvalue weighted by molar-refractivity contribution is 9.10. The highest BCUT2D eigenvalue weighted by Gasteiger charge is 2.45. The Hall–Kier alpha value is -0.660. The molecule has 1 aliphatic heterocycles. The summed E-state index contributed by atoms with van der Waals surface area (Å²) in [5.41, 5.74) is 0. The average Bonchev–Trinajstić information content (AvgIpc) is 3.09. The lowest BCUT2D eigenvalue weighted by Gasteiger charge is -2.27. The summed E-state index contributed by atoms with van der Waals surface area (Å²) < 4.78 is 28.3. The number of anilines is 1. The molecule has 0 amide bonds. The number of nitrogens with one attached hydrogen (secondary N) is 1. The quantitative estimate of drug-likeness (QED) is 0.861. The molecule has 2 atom stereocenters. The summed E-state index contributed by atoms with van der Waals surface area (Å²) in [6.07, 6.45) is 5.72. The van der Waals surface area contributed by atoms with Crippen molar-refractivity contribution < 1.29 is 8.42 Å². The van der Waals surface area contributed by atoms with Gasteiger partial charge in [0.15, 0.2) is 0 Å². The number of pyridine rings is 1. The number of halogens is 1. The van der Waals surface area contributed by atoms with E-state index < -0.39 is 10.0 Å². The minimum atomic E-state index is -3.47. The summed E-state index contributed by atoms with van der Waals surface area (Å²) in [6, 6.07) is 1.84.